The molecule has 3 N–H and O–H groups in total. The van der Waals surface area contributed by atoms with Crippen molar-refractivity contribution < 1.29 is 9.18 Å². The summed E-state index contributed by atoms with van der Waals surface area (Å²) in [6, 6.07) is 18.6. The Morgan fingerprint density at radius 2 is 1.72 bits per heavy atom. The largest absolute Gasteiger partial charge is 0.353 e. The van der Waals surface area contributed by atoms with Gasteiger partial charge in [0.15, 0.2) is 5.65 Å². The number of rotatable bonds is 5. The molecule has 0 atom stereocenters. The first-order valence-corrected chi connectivity index (χ1v) is 13.1. The highest BCUT2D eigenvalue weighted by Crippen LogP contribution is 2.35. The van der Waals surface area contributed by atoms with Crippen LogP contribution in [0.25, 0.3) is 55.6 Å². The van der Waals surface area contributed by atoms with Crippen LogP contribution in [0, 0.1) is 11.7 Å². The number of hydrogen-bond acceptors (Lipinski definition) is 4. The number of aromatic nitrogens is 5. The van der Waals surface area contributed by atoms with Crippen molar-refractivity contribution in [1.29, 1.82) is 0 Å². The Kier molecular flexibility index (Phi) is 5.65. The van der Waals surface area contributed by atoms with Gasteiger partial charge in [0.25, 0.3) is 0 Å². The lowest BCUT2D eigenvalue weighted by Gasteiger charge is -2.11. The van der Waals surface area contributed by atoms with Gasteiger partial charge in [0.05, 0.1) is 17.6 Å². The van der Waals surface area contributed by atoms with Crippen LogP contribution in [-0.2, 0) is 4.79 Å². The van der Waals surface area contributed by atoms with E-state index in [1.54, 1.807) is 30.7 Å². The van der Waals surface area contributed by atoms with Crippen LogP contribution in [-0.4, -0.2) is 31.1 Å². The summed E-state index contributed by atoms with van der Waals surface area (Å²) in [5.41, 5.74) is 7.59. The van der Waals surface area contributed by atoms with E-state index in [1.807, 2.05) is 30.3 Å². The lowest BCUT2D eigenvalue weighted by molar-refractivity contribution is -0.119. The zero-order valence-electron chi connectivity index (χ0n) is 21.0. The summed E-state index contributed by atoms with van der Waals surface area (Å²) in [4.78, 5) is 25.1. The Hall–Kier alpha value is -4.85. The summed E-state index contributed by atoms with van der Waals surface area (Å²) in [5, 5.41) is 12.5. The monoisotopic (exact) mass is 516 g/mol. The Bertz CT molecular complexity index is 1830. The van der Waals surface area contributed by atoms with E-state index in [4.69, 9.17) is 0 Å². The van der Waals surface area contributed by atoms with Gasteiger partial charge in [0.1, 0.15) is 11.5 Å². The van der Waals surface area contributed by atoms with Gasteiger partial charge >= 0.3 is 0 Å². The minimum Gasteiger partial charge on any atom is -0.353 e. The number of anilines is 1. The number of hydrogen-bond donors (Lipinski definition) is 3. The summed E-state index contributed by atoms with van der Waals surface area (Å²) >= 11 is 0. The van der Waals surface area contributed by atoms with Gasteiger partial charge < -0.3 is 10.3 Å². The van der Waals surface area contributed by atoms with Crippen molar-refractivity contribution in [3.05, 3.63) is 85.1 Å². The molecule has 7 rings (SSSR count). The van der Waals surface area contributed by atoms with Crippen molar-refractivity contribution >= 4 is 33.5 Å². The topological polar surface area (TPSA) is 99.3 Å². The first-order valence-electron chi connectivity index (χ1n) is 13.1. The second-order valence-corrected chi connectivity index (χ2v) is 10.1. The van der Waals surface area contributed by atoms with Crippen molar-refractivity contribution in [3.63, 3.8) is 0 Å². The van der Waals surface area contributed by atoms with Crippen LogP contribution in [0.5, 0.6) is 0 Å². The minimum atomic E-state index is -0.260. The van der Waals surface area contributed by atoms with E-state index in [2.05, 4.69) is 36.5 Å². The first-order chi connectivity index (χ1) is 19.1. The highest BCUT2D eigenvalue weighted by atomic mass is 19.1. The zero-order chi connectivity index (χ0) is 26.3. The van der Waals surface area contributed by atoms with E-state index in [1.165, 1.54) is 12.1 Å². The van der Waals surface area contributed by atoms with Crippen LogP contribution in [0.4, 0.5) is 10.1 Å². The molecule has 1 aliphatic carbocycles. The van der Waals surface area contributed by atoms with Gasteiger partial charge in [-0.2, -0.15) is 5.10 Å². The molecule has 192 valence electrons. The third kappa shape index (κ3) is 4.33. The molecule has 7 nitrogen and oxygen atoms in total. The van der Waals surface area contributed by atoms with Gasteiger partial charge in [-0.1, -0.05) is 37.1 Å². The fourth-order valence-electron chi connectivity index (χ4n) is 5.53. The van der Waals surface area contributed by atoms with Crippen molar-refractivity contribution in [3.8, 4) is 33.6 Å². The lowest BCUT2D eigenvalue weighted by atomic mass is 10.0. The van der Waals surface area contributed by atoms with Gasteiger partial charge in [-0.05, 0) is 60.4 Å². The highest BCUT2D eigenvalue weighted by Gasteiger charge is 2.23. The summed E-state index contributed by atoms with van der Waals surface area (Å²) in [6.45, 7) is 0. The van der Waals surface area contributed by atoms with Gasteiger partial charge in [0.2, 0.25) is 5.91 Å². The molecule has 8 heteroatoms. The molecule has 6 aromatic rings. The van der Waals surface area contributed by atoms with Crippen molar-refractivity contribution in [2.75, 3.05) is 5.32 Å². The molecular formula is C31H25FN6O. The van der Waals surface area contributed by atoms with Gasteiger partial charge in [-0.15, -0.1) is 0 Å². The average molecular weight is 517 g/mol. The second kappa shape index (κ2) is 9.47. The maximum atomic E-state index is 13.5. The molecule has 4 aromatic heterocycles. The molecule has 1 fully saturated rings. The zero-order valence-corrected chi connectivity index (χ0v) is 21.0. The number of amides is 1. The molecule has 0 aliphatic heterocycles. The molecule has 0 bridgehead atoms. The maximum Gasteiger partial charge on any atom is 0.227 e. The van der Waals surface area contributed by atoms with E-state index in [0.29, 0.717) is 11.3 Å². The fraction of sp³-hybridized carbons (Fsp3) is 0.161. The number of carbonyl (C=O) groups is 1. The number of benzene rings is 2. The van der Waals surface area contributed by atoms with E-state index < -0.39 is 0 Å². The predicted molar refractivity (Wildman–Crippen MR) is 150 cm³/mol. The van der Waals surface area contributed by atoms with Crippen LogP contribution in [0.1, 0.15) is 25.7 Å². The van der Waals surface area contributed by atoms with E-state index >= 15 is 0 Å². The number of halogens is 1. The molecule has 0 radical (unpaired) electrons. The Labute approximate surface area is 223 Å². The van der Waals surface area contributed by atoms with E-state index in [0.717, 1.165) is 75.6 Å². The van der Waals surface area contributed by atoms with Crippen molar-refractivity contribution in [2.45, 2.75) is 25.7 Å². The van der Waals surface area contributed by atoms with E-state index in [-0.39, 0.29) is 17.6 Å². The fourth-order valence-corrected chi connectivity index (χ4v) is 5.53. The van der Waals surface area contributed by atoms with E-state index in [9.17, 15) is 9.18 Å². The van der Waals surface area contributed by atoms with Crippen molar-refractivity contribution in [1.82, 2.24) is 25.1 Å². The number of fused-ring (bicyclic) bond motifs is 2. The summed E-state index contributed by atoms with van der Waals surface area (Å²) in [6.07, 6.45) is 9.34. The number of nitrogens with one attached hydrogen (secondary N) is 3. The molecule has 0 unspecified atom stereocenters. The second-order valence-electron chi connectivity index (χ2n) is 10.1. The van der Waals surface area contributed by atoms with Crippen LogP contribution in [0.15, 0.2) is 79.3 Å². The van der Waals surface area contributed by atoms with Crippen LogP contribution < -0.4 is 5.32 Å². The number of pyridine rings is 2. The lowest BCUT2D eigenvalue weighted by Crippen LogP contribution is -2.20. The van der Waals surface area contributed by atoms with Crippen LogP contribution in [0.2, 0.25) is 0 Å². The number of aromatic amines is 2. The molecule has 4 heterocycles. The normalized spacial score (nSPS) is 13.9. The molecule has 1 amide bonds. The third-order valence-electron chi connectivity index (χ3n) is 7.56. The van der Waals surface area contributed by atoms with Crippen LogP contribution in [0.3, 0.4) is 0 Å². The SMILES string of the molecule is O=C(Nc1cncc(-c2cnc3[nH]nc(-c4cc5c(-c6ccc(F)cc6)cccc5[nH]4)c3c2)c1)C1CCCC1. The standard InChI is InChI=1S/C31H25FN6O/c32-22-10-8-18(9-11-22)24-6-3-7-27-25(24)14-28(36-27)29-26-13-21(16-34-30(26)38-37-29)20-12-23(17-33-15-20)35-31(39)19-4-1-2-5-19/h3,6-17,19,36H,1-2,4-5H2,(H,35,39)(H,34,37,38). The summed E-state index contributed by atoms with van der Waals surface area (Å²) in [5.74, 6) is -0.111. The molecule has 39 heavy (non-hydrogen) atoms. The third-order valence-corrected chi connectivity index (χ3v) is 7.56. The Morgan fingerprint density at radius 3 is 2.56 bits per heavy atom. The maximum absolute atomic E-state index is 13.5. The van der Waals surface area contributed by atoms with Gasteiger partial charge in [-0.3, -0.25) is 14.9 Å². The van der Waals surface area contributed by atoms with Gasteiger partial charge in [0, 0.05) is 45.7 Å². The molecule has 1 aliphatic rings. The van der Waals surface area contributed by atoms with Gasteiger partial charge in [-0.25, -0.2) is 9.37 Å². The molecular weight excluding hydrogens is 491 g/mol. The average Bonchev–Trinajstić information content (AvgIpc) is 3.73. The number of nitrogens with zero attached hydrogens (tertiary/aromatic N) is 3. The minimum absolute atomic E-state index is 0.0657. The van der Waals surface area contributed by atoms with Crippen molar-refractivity contribution in [2.24, 2.45) is 5.92 Å². The molecule has 1 saturated carbocycles. The van der Waals surface area contributed by atoms with Crippen LogP contribution >= 0.6 is 0 Å². The molecule has 0 saturated heterocycles. The quantitative estimate of drug-likeness (QED) is 0.227. The number of H-pyrrole nitrogens is 2. The number of carbonyl (C=O) groups excluding carboxylic acids is 1. The summed E-state index contributed by atoms with van der Waals surface area (Å²) in [7, 11) is 0. The first kappa shape index (κ1) is 23.3. The predicted octanol–water partition coefficient (Wildman–Crippen LogP) is 7.10. The smallest absolute Gasteiger partial charge is 0.227 e. The summed E-state index contributed by atoms with van der Waals surface area (Å²) < 4.78 is 13.5. The Balaban J connectivity index is 1.24. The highest BCUT2D eigenvalue weighted by molar-refractivity contribution is 6.01. The molecule has 0 spiro atoms. The molecule has 2 aromatic carbocycles. The Morgan fingerprint density at radius 1 is 0.897 bits per heavy atom.